The Balaban J connectivity index is 1.80. The first kappa shape index (κ1) is 26.7. The van der Waals surface area contributed by atoms with Crippen molar-refractivity contribution >= 4 is 35.2 Å². The van der Waals surface area contributed by atoms with E-state index in [9.17, 15) is 27.6 Å². The smallest absolute Gasteiger partial charge is 0.410 e. The minimum absolute atomic E-state index is 0.000557. The van der Waals surface area contributed by atoms with E-state index in [-0.39, 0.29) is 36.0 Å². The van der Waals surface area contributed by atoms with Crippen LogP contribution >= 0.6 is 11.6 Å². The van der Waals surface area contributed by atoms with Gasteiger partial charge in [-0.3, -0.25) is 19.4 Å². The SMILES string of the molecule is COC(=O)N1CCOC[C@H]1C(=O)N(c1cccc(F)c1)[C@H](C(=O)NC1CC(F)(F)C1)c1ccccc1Cl. The second-order valence-electron chi connectivity index (χ2n) is 8.84. The van der Waals surface area contributed by atoms with Crippen LogP contribution in [0.2, 0.25) is 5.02 Å². The average Bonchev–Trinajstić information content (AvgIpc) is 2.85. The Kier molecular flexibility index (Phi) is 7.93. The molecule has 0 radical (unpaired) electrons. The van der Waals surface area contributed by atoms with Crippen LogP contribution in [-0.4, -0.2) is 67.7 Å². The quantitative estimate of drug-likeness (QED) is 0.601. The minimum Gasteiger partial charge on any atom is -0.453 e. The second kappa shape index (κ2) is 11.0. The van der Waals surface area contributed by atoms with E-state index in [0.717, 1.165) is 29.0 Å². The lowest BCUT2D eigenvalue weighted by molar-refractivity contribution is -0.135. The minimum atomic E-state index is -2.89. The summed E-state index contributed by atoms with van der Waals surface area (Å²) in [5.74, 6) is -5.13. The van der Waals surface area contributed by atoms with Crippen LogP contribution in [0.5, 0.6) is 0 Å². The lowest BCUT2D eigenvalue weighted by Crippen LogP contribution is -2.59. The van der Waals surface area contributed by atoms with Gasteiger partial charge in [0.1, 0.15) is 17.9 Å². The molecule has 1 saturated carbocycles. The highest BCUT2D eigenvalue weighted by Gasteiger charge is 2.48. The Morgan fingerprint density at radius 1 is 1.19 bits per heavy atom. The Hall–Kier alpha value is -3.31. The fraction of sp³-hybridized carbons (Fsp3) is 0.400. The molecular weight excluding hydrogens is 515 g/mol. The third-order valence-corrected chi connectivity index (χ3v) is 6.63. The van der Waals surface area contributed by atoms with Crippen LogP contribution in [0.1, 0.15) is 24.4 Å². The first-order valence-corrected chi connectivity index (χ1v) is 11.9. The number of nitrogens with zero attached hydrogens (tertiary/aromatic N) is 2. The molecule has 0 unspecified atom stereocenters. The van der Waals surface area contributed by atoms with E-state index in [1.807, 2.05) is 0 Å². The van der Waals surface area contributed by atoms with Gasteiger partial charge in [-0.05, 0) is 24.3 Å². The van der Waals surface area contributed by atoms with Crippen LogP contribution in [-0.2, 0) is 19.1 Å². The number of ether oxygens (including phenoxy) is 2. The van der Waals surface area contributed by atoms with Crippen molar-refractivity contribution < 1.29 is 37.0 Å². The summed E-state index contributed by atoms with van der Waals surface area (Å²) in [5, 5.41) is 2.69. The van der Waals surface area contributed by atoms with E-state index in [0.29, 0.717) is 0 Å². The summed E-state index contributed by atoms with van der Waals surface area (Å²) in [4.78, 5) is 42.3. The zero-order valence-corrected chi connectivity index (χ0v) is 20.6. The number of amides is 3. The monoisotopic (exact) mass is 539 g/mol. The molecule has 3 amide bonds. The van der Waals surface area contributed by atoms with Crippen LogP contribution < -0.4 is 10.2 Å². The molecule has 37 heavy (non-hydrogen) atoms. The number of halogens is 4. The molecule has 1 aliphatic carbocycles. The van der Waals surface area contributed by atoms with Gasteiger partial charge in [-0.15, -0.1) is 0 Å². The van der Waals surface area contributed by atoms with Gasteiger partial charge in [0.2, 0.25) is 5.91 Å². The molecule has 1 saturated heterocycles. The van der Waals surface area contributed by atoms with Crippen molar-refractivity contribution in [1.29, 1.82) is 0 Å². The lowest BCUT2D eigenvalue weighted by atomic mass is 9.87. The largest absolute Gasteiger partial charge is 0.453 e. The maximum atomic E-state index is 14.3. The molecule has 1 heterocycles. The Labute approximate surface area is 216 Å². The molecule has 0 aromatic heterocycles. The first-order chi connectivity index (χ1) is 17.6. The maximum Gasteiger partial charge on any atom is 0.410 e. The van der Waals surface area contributed by atoms with Crippen molar-refractivity contribution in [3.8, 4) is 0 Å². The normalized spacial score (nSPS) is 19.9. The van der Waals surface area contributed by atoms with Crippen molar-refractivity contribution in [2.45, 2.75) is 36.9 Å². The standard InChI is InChI=1S/C25H25ClF3N3O5/c1-36-24(35)31-9-10-37-14-20(31)23(34)32(17-6-4-5-15(27)11-17)21(18-7-2-3-8-19(18)26)22(33)30-16-12-25(28,29)13-16/h2-8,11,16,20-21H,9-10,12-14H2,1H3,(H,30,33)/t20-,21-/m0/s1. The molecule has 4 rings (SSSR count). The van der Waals surface area contributed by atoms with Crippen LogP contribution in [0, 0.1) is 5.82 Å². The van der Waals surface area contributed by atoms with Gasteiger partial charge in [0, 0.05) is 41.7 Å². The van der Waals surface area contributed by atoms with Gasteiger partial charge in [0.15, 0.2) is 0 Å². The predicted octanol–water partition coefficient (Wildman–Crippen LogP) is 3.93. The van der Waals surface area contributed by atoms with E-state index in [4.69, 9.17) is 21.1 Å². The molecule has 0 bridgehead atoms. The Morgan fingerprint density at radius 3 is 2.57 bits per heavy atom. The molecule has 2 aromatic carbocycles. The molecule has 2 atom stereocenters. The number of hydrogen-bond donors (Lipinski definition) is 1. The zero-order chi connectivity index (χ0) is 26.7. The van der Waals surface area contributed by atoms with Crippen molar-refractivity contribution in [3.63, 3.8) is 0 Å². The number of carbonyl (C=O) groups is 3. The number of alkyl halides is 2. The highest BCUT2D eigenvalue weighted by molar-refractivity contribution is 6.31. The van der Waals surface area contributed by atoms with Gasteiger partial charge in [-0.25, -0.2) is 18.0 Å². The van der Waals surface area contributed by atoms with Gasteiger partial charge in [-0.2, -0.15) is 0 Å². The van der Waals surface area contributed by atoms with Gasteiger partial charge in [0.05, 0.1) is 20.3 Å². The van der Waals surface area contributed by atoms with Gasteiger partial charge >= 0.3 is 6.09 Å². The van der Waals surface area contributed by atoms with Crippen LogP contribution in [0.15, 0.2) is 48.5 Å². The maximum absolute atomic E-state index is 14.3. The van der Waals surface area contributed by atoms with Gasteiger partial charge in [-0.1, -0.05) is 35.9 Å². The number of rotatable bonds is 6. The molecule has 2 aliphatic rings. The van der Waals surface area contributed by atoms with Crippen LogP contribution in [0.25, 0.3) is 0 Å². The zero-order valence-electron chi connectivity index (χ0n) is 19.8. The van der Waals surface area contributed by atoms with E-state index < -0.39 is 60.6 Å². The number of nitrogens with one attached hydrogen (secondary N) is 1. The fourth-order valence-corrected chi connectivity index (χ4v) is 4.71. The molecule has 2 fully saturated rings. The number of anilines is 1. The number of morpholine rings is 1. The summed E-state index contributed by atoms with van der Waals surface area (Å²) < 4.78 is 51.5. The Morgan fingerprint density at radius 2 is 1.92 bits per heavy atom. The summed E-state index contributed by atoms with van der Waals surface area (Å²) in [5.41, 5.74) is 0.186. The lowest BCUT2D eigenvalue weighted by Gasteiger charge is -2.41. The summed E-state index contributed by atoms with van der Waals surface area (Å²) >= 11 is 6.43. The first-order valence-electron chi connectivity index (χ1n) is 11.5. The predicted molar refractivity (Wildman–Crippen MR) is 128 cm³/mol. The third kappa shape index (κ3) is 5.83. The molecular formula is C25H25ClF3N3O5. The van der Waals surface area contributed by atoms with Crippen molar-refractivity contribution in [1.82, 2.24) is 10.2 Å². The summed E-state index contributed by atoms with van der Waals surface area (Å²) in [6.07, 6.45) is -1.88. The molecule has 1 aliphatic heterocycles. The number of hydrogen-bond acceptors (Lipinski definition) is 5. The fourth-order valence-electron chi connectivity index (χ4n) is 4.47. The van der Waals surface area contributed by atoms with Crippen molar-refractivity contribution in [2.75, 3.05) is 31.8 Å². The third-order valence-electron chi connectivity index (χ3n) is 6.29. The van der Waals surface area contributed by atoms with E-state index >= 15 is 0 Å². The Bertz CT molecular complexity index is 1180. The molecule has 8 nitrogen and oxygen atoms in total. The number of methoxy groups -OCH3 is 1. The molecule has 1 N–H and O–H groups in total. The molecule has 198 valence electrons. The van der Waals surface area contributed by atoms with Gasteiger partial charge < -0.3 is 14.8 Å². The summed E-state index contributed by atoms with van der Waals surface area (Å²) in [6.45, 7) is -0.00515. The van der Waals surface area contributed by atoms with E-state index in [1.54, 1.807) is 12.1 Å². The summed E-state index contributed by atoms with van der Waals surface area (Å²) in [7, 11) is 1.16. The molecule has 2 aromatic rings. The highest BCUT2D eigenvalue weighted by Crippen LogP contribution is 2.39. The van der Waals surface area contributed by atoms with Crippen molar-refractivity contribution in [2.24, 2.45) is 0 Å². The van der Waals surface area contributed by atoms with E-state index in [1.165, 1.54) is 24.3 Å². The average molecular weight is 540 g/mol. The van der Waals surface area contributed by atoms with Crippen LogP contribution in [0.4, 0.5) is 23.7 Å². The number of carbonyl (C=O) groups excluding carboxylic acids is 3. The van der Waals surface area contributed by atoms with Gasteiger partial charge in [0.25, 0.3) is 11.8 Å². The van der Waals surface area contributed by atoms with E-state index in [2.05, 4.69) is 5.32 Å². The topological polar surface area (TPSA) is 88.2 Å². The van der Waals surface area contributed by atoms with Crippen LogP contribution in [0.3, 0.4) is 0 Å². The number of benzene rings is 2. The second-order valence-corrected chi connectivity index (χ2v) is 9.24. The highest BCUT2D eigenvalue weighted by atomic mass is 35.5. The summed E-state index contributed by atoms with van der Waals surface area (Å²) in [6, 6.07) is 7.72. The molecule has 0 spiro atoms. The van der Waals surface area contributed by atoms with Crippen molar-refractivity contribution in [3.05, 3.63) is 64.9 Å². The molecule has 12 heteroatoms.